The molecule has 146 valence electrons. The van der Waals surface area contributed by atoms with Crippen molar-refractivity contribution < 1.29 is 4.79 Å². The van der Waals surface area contributed by atoms with Crippen LogP contribution in [0.2, 0.25) is 0 Å². The molecular weight excluding hydrogens is 368 g/mol. The molecule has 0 aliphatic carbocycles. The van der Waals surface area contributed by atoms with E-state index in [9.17, 15) is 4.79 Å². The lowest BCUT2D eigenvalue weighted by molar-refractivity contribution is 0.102. The topological polar surface area (TPSA) is 103 Å². The van der Waals surface area contributed by atoms with Crippen LogP contribution in [0.15, 0.2) is 42.5 Å². The first-order valence-corrected chi connectivity index (χ1v) is 9.11. The number of amides is 1. The van der Waals surface area contributed by atoms with Crippen molar-refractivity contribution in [1.29, 1.82) is 0 Å². The highest BCUT2D eigenvalue weighted by molar-refractivity contribution is 6.03. The van der Waals surface area contributed by atoms with E-state index < -0.39 is 0 Å². The van der Waals surface area contributed by atoms with Crippen LogP contribution in [0.5, 0.6) is 0 Å². The largest absolute Gasteiger partial charge is 0.320 e. The Morgan fingerprint density at radius 1 is 0.931 bits per heavy atom. The van der Waals surface area contributed by atoms with Gasteiger partial charge in [-0.05, 0) is 73.5 Å². The minimum atomic E-state index is -0.329. The first kappa shape index (κ1) is 18.5. The van der Waals surface area contributed by atoms with Gasteiger partial charge in [0.2, 0.25) is 0 Å². The SMILES string of the molecule is Cc1cccc(-n2nnc(C(=O)Nc3ccc(C)c(-n4nnnc4C)c3)c2C)c1. The van der Waals surface area contributed by atoms with Crippen molar-refractivity contribution in [3.8, 4) is 11.4 Å². The standard InChI is InChI=1S/C20H20N8O/c1-12-6-5-7-17(10-12)27-14(3)19(23-25-27)20(29)21-16-9-8-13(2)18(11-16)28-15(4)22-24-26-28/h5-11H,1-4H3,(H,21,29). The van der Waals surface area contributed by atoms with Gasteiger partial charge < -0.3 is 5.32 Å². The highest BCUT2D eigenvalue weighted by atomic mass is 16.2. The molecule has 2 aromatic heterocycles. The lowest BCUT2D eigenvalue weighted by Gasteiger charge is -2.10. The van der Waals surface area contributed by atoms with Crippen LogP contribution in [-0.2, 0) is 0 Å². The van der Waals surface area contributed by atoms with Crippen molar-refractivity contribution in [2.24, 2.45) is 0 Å². The van der Waals surface area contributed by atoms with Crippen LogP contribution in [0.25, 0.3) is 11.4 Å². The quantitative estimate of drug-likeness (QED) is 0.576. The second-order valence-corrected chi connectivity index (χ2v) is 6.87. The van der Waals surface area contributed by atoms with Gasteiger partial charge in [-0.2, -0.15) is 4.68 Å². The van der Waals surface area contributed by atoms with Crippen LogP contribution in [0, 0.1) is 27.7 Å². The van der Waals surface area contributed by atoms with Gasteiger partial charge in [0, 0.05) is 5.69 Å². The maximum absolute atomic E-state index is 12.8. The molecule has 0 spiro atoms. The molecule has 1 N–H and O–H groups in total. The summed E-state index contributed by atoms with van der Waals surface area (Å²) in [5, 5.41) is 22.7. The van der Waals surface area contributed by atoms with Crippen LogP contribution < -0.4 is 5.32 Å². The molecule has 9 nitrogen and oxygen atoms in total. The van der Waals surface area contributed by atoms with Crippen molar-refractivity contribution in [2.75, 3.05) is 5.32 Å². The normalized spacial score (nSPS) is 10.9. The van der Waals surface area contributed by atoms with E-state index in [1.807, 2.05) is 70.2 Å². The Morgan fingerprint density at radius 2 is 1.76 bits per heavy atom. The van der Waals surface area contributed by atoms with Gasteiger partial charge in [0.15, 0.2) is 11.5 Å². The van der Waals surface area contributed by atoms with Crippen LogP contribution >= 0.6 is 0 Å². The van der Waals surface area contributed by atoms with Crippen molar-refractivity contribution in [1.82, 2.24) is 35.2 Å². The van der Waals surface area contributed by atoms with E-state index in [0.717, 1.165) is 22.5 Å². The Morgan fingerprint density at radius 3 is 2.48 bits per heavy atom. The summed E-state index contributed by atoms with van der Waals surface area (Å²) in [6, 6.07) is 13.4. The maximum Gasteiger partial charge on any atom is 0.278 e. The molecular formula is C20H20N8O. The highest BCUT2D eigenvalue weighted by Crippen LogP contribution is 2.21. The number of tetrazole rings is 1. The molecule has 9 heteroatoms. The van der Waals surface area contributed by atoms with Gasteiger partial charge >= 0.3 is 0 Å². The molecule has 2 heterocycles. The first-order valence-electron chi connectivity index (χ1n) is 9.11. The summed E-state index contributed by atoms with van der Waals surface area (Å²) in [5.41, 5.74) is 5.30. The number of rotatable bonds is 4. The third kappa shape index (κ3) is 3.49. The number of nitrogens with zero attached hydrogens (tertiary/aromatic N) is 7. The molecule has 0 bridgehead atoms. The fourth-order valence-electron chi connectivity index (χ4n) is 3.10. The molecule has 1 amide bonds. The lowest BCUT2D eigenvalue weighted by Crippen LogP contribution is -2.15. The third-order valence-corrected chi connectivity index (χ3v) is 4.68. The lowest BCUT2D eigenvalue weighted by atomic mass is 10.1. The van der Waals surface area contributed by atoms with E-state index in [1.54, 1.807) is 9.36 Å². The van der Waals surface area contributed by atoms with E-state index >= 15 is 0 Å². The van der Waals surface area contributed by atoms with E-state index in [0.29, 0.717) is 17.2 Å². The van der Waals surface area contributed by atoms with E-state index in [1.165, 1.54) is 0 Å². The van der Waals surface area contributed by atoms with Crippen LogP contribution in [0.4, 0.5) is 5.69 Å². The number of carbonyl (C=O) groups excluding carboxylic acids is 1. The summed E-state index contributed by atoms with van der Waals surface area (Å²) in [7, 11) is 0. The van der Waals surface area contributed by atoms with Gasteiger partial charge in [0.05, 0.1) is 17.1 Å². The zero-order valence-corrected chi connectivity index (χ0v) is 16.6. The van der Waals surface area contributed by atoms with Gasteiger partial charge in [-0.1, -0.05) is 23.4 Å². The van der Waals surface area contributed by atoms with Crippen LogP contribution in [0.1, 0.15) is 33.1 Å². The summed E-state index contributed by atoms with van der Waals surface area (Å²) < 4.78 is 3.29. The first-order chi connectivity index (χ1) is 13.9. The molecule has 2 aromatic carbocycles. The highest BCUT2D eigenvalue weighted by Gasteiger charge is 2.18. The fourth-order valence-corrected chi connectivity index (χ4v) is 3.10. The molecule has 4 aromatic rings. The van der Waals surface area contributed by atoms with Gasteiger partial charge in [-0.25, -0.2) is 4.68 Å². The number of anilines is 1. The van der Waals surface area contributed by atoms with Gasteiger partial charge in [0.25, 0.3) is 5.91 Å². The minimum Gasteiger partial charge on any atom is -0.320 e. The predicted octanol–water partition coefficient (Wildman–Crippen LogP) is 2.73. The van der Waals surface area contributed by atoms with Gasteiger partial charge in [0.1, 0.15) is 0 Å². The zero-order valence-electron chi connectivity index (χ0n) is 16.6. The number of benzene rings is 2. The summed E-state index contributed by atoms with van der Waals surface area (Å²) in [5.74, 6) is 0.332. The number of aromatic nitrogens is 7. The molecule has 29 heavy (non-hydrogen) atoms. The number of hydrogen-bond donors (Lipinski definition) is 1. The molecule has 4 rings (SSSR count). The van der Waals surface area contributed by atoms with Crippen LogP contribution in [-0.4, -0.2) is 41.1 Å². The Bertz CT molecular complexity index is 1210. The molecule has 0 radical (unpaired) electrons. The average molecular weight is 388 g/mol. The molecule has 0 unspecified atom stereocenters. The Labute approximate surface area is 167 Å². The number of carbonyl (C=O) groups is 1. The summed E-state index contributed by atoms with van der Waals surface area (Å²) >= 11 is 0. The molecule has 0 aliphatic rings. The monoisotopic (exact) mass is 388 g/mol. The number of aryl methyl sites for hydroxylation is 3. The van der Waals surface area contributed by atoms with Gasteiger partial charge in [-0.3, -0.25) is 4.79 Å². The van der Waals surface area contributed by atoms with Crippen molar-refractivity contribution in [3.05, 3.63) is 70.8 Å². The second kappa shape index (κ2) is 7.27. The summed E-state index contributed by atoms with van der Waals surface area (Å²) in [6.07, 6.45) is 0. The molecule has 0 saturated carbocycles. The molecule has 0 aliphatic heterocycles. The van der Waals surface area contributed by atoms with Crippen molar-refractivity contribution in [3.63, 3.8) is 0 Å². The Hall–Kier alpha value is -3.88. The van der Waals surface area contributed by atoms with Crippen molar-refractivity contribution in [2.45, 2.75) is 27.7 Å². The minimum absolute atomic E-state index is 0.271. The fraction of sp³-hybridized carbons (Fsp3) is 0.200. The van der Waals surface area contributed by atoms with E-state index in [4.69, 9.17) is 0 Å². The summed E-state index contributed by atoms with van der Waals surface area (Å²) in [6.45, 7) is 7.60. The van der Waals surface area contributed by atoms with E-state index in [2.05, 4.69) is 31.2 Å². The number of hydrogen-bond acceptors (Lipinski definition) is 6. The Balaban J connectivity index is 1.62. The van der Waals surface area contributed by atoms with Crippen molar-refractivity contribution >= 4 is 11.6 Å². The number of nitrogens with one attached hydrogen (secondary N) is 1. The second-order valence-electron chi connectivity index (χ2n) is 6.87. The zero-order chi connectivity index (χ0) is 20.5. The van der Waals surface area contributed by atoms with Gasteiger partial charge in [-0.15, -0.1) is 10.2 Å². The third-order valence-electron chi connectivity index (χ3n) is 4.68. The molecule has 0 saturated heterocycles. The molecule has 0 fully saturated rings. The smallest absolute Gasteiger partial charge is 0.278 e. The predicted molar refractivity (Wildman–Crippen MR) is 107 cm³/mol. The summed E-state index contributed by atoms with van der Waals surface area (Å²) in [4.78, 5) is 12.8. The maximum atomic E-state index is 12.8. The van der Waals surface area contributed by atoms with E-state index in [-0.39, 0.29) is 11.6 Å². The van der Waals surface area contributed by atoms with Crippen LogP contribution in [0.3, 0.4) is 0 Å². The molecule has 0 atom stereocenters. The Kier molecular flexibility index (Phi) is 4.63. The average Bonchev–Trinajstić information content (AvgIpc) is 3.29.